The maximum atomic E-state index is 11.1. The number of nitrogens with one attached hydrogen (secondary N) is 1. The number of aromatic nitrogens is 1. The number of anilines is 2. The highest BCUT2D eigenvalue weighted by Crippen LogP contribution is 2.22. The minimum absolute atomic E-state index is 0.506. The second-order valence-corrected chi connectivity index (χ2v) is 6.72. The van der Waals surface area contributed by atoms with Crippen molar-refractivity contribution in [2.24, 2.45) is 5.92 Å². The highest BCUT2D eigenvalue weighted by atomic mass is 32.2. The molecule has 0 saturated carbocycles. The molecular weight excluding hydrogens is 250 g/mol. The lowest BCUT2D eigenvalue weighted by molar-refractivity contribution is 0.444. The Morgan fingerprint density at radius 2 is 2.22 bits per heavy atom. The first-order valence-electron chi connectivity index (χ1n) is 6.13. The third-order valence-corrected chi connectivity index (χ3v) is 3.64. The van der Waals surface area contributed by atoms with Gasteiger partial charge in [-0.2, -0.15) is 0 Å². The normalized spacial score (nSPS) is 20.8. The highest BCUT2D eigenvalue weighted by molar-refractivity contribution is 7.92. The standard InChI is InChI=1S/C12H19N3O2S/c1-10-4-3-7-15(9-10)12-6-5-11(8-13-12)14-18(2,16)17/h5-6,8,10,14H,3-4,7,9H2,1-2H3. The second-order valence-electron chi connectivity index (χ2n) is 4.97. The number of nitrogens with zero attached hydrogens (tertiary/aromatic N) is 2. The number of sulfonamides is 1. The van der Waals surface area contributed by atoms with Gasteiger partial charge in [0.15, 0.2) is 0 Å². The molecule has 0 radical (unpaired) electrons. The van der Waals surface area contributed by atoms with Crippen LogP contribution in [0.2, 0.25) is 0 Å². The molecule has 1 aromatic heterocycles. The molecule has 0 spiro atoms. The van der Waals surface area contributed by atoms with Gasteiger partial charge in [-0.15, -0.1) is 0 Å². The summed E-state index contributed by atoms with van der Waals surface area (Å²) in [4.78, 5) is 6.57. The van der Waals surface area contributed by atoms with E-state index >= 15 is 0 Å². The van der Waals surface area contributed by atoms with Gasteiger partial charge in [0, 0.05) is 13.1 Å². The summed E-state index contributed by atoms with van der Waals surface area (Å²) in [6, 6.07) is 3.62. The smallest absolute Gasteiger partial charge is 0.229 e. The Kier molecular flexibility index (Phi) is 3.75. The topological polar surface area (TPSA) is 62.3 Å². The molecule has 2 rings (SSSR count). The van der Waals surface area contributed by atoms with Gasteiger partial charge in [-0.1, -0.05) is 6.92 Å². The van der Waals surface area contributed by atoms with Gasteiger partial charge in [-0.3, -0.25) is 4.72 Å². The number of piperidine rings is 1. The molecule has 0 aliphatic carbocycles. The van der Waals surface area contributed by atoms with Crippen molar-refractivity contribution >= 4 is 21.5 Å². The van der Waals surface area contributed by atoms with Crippen LogP contribution in [0, 0.1) is 5.92 Å². The van der Waals surface area contributed by atoms with Crippen LogP contribution in [0.1, 0.15) is 19.8 Å². The van der Waals surface area contributed by atoms with Crippen LogP contribution in [0.4, 0.5) is 11.5 Å². The van der Waals surface area contributed by atoms with Gasteiger partial charge in [0.25, 0.3) is 0 Å². The first kappa shape index (κ1) is 13.1. The number of pyridine rings is 1. The Hall–Kier alpha value is -1.30. The molecule has 1 aliphatic rings. The van der Waals surface area contributed by atoms with Gasteiger partial charge in [0.2, 0.25) is 10.0 Å². The minimum atomic E-state index is -3.23. The molecule has 1 N–H and O–H groups in total. The molecule has 1 saturated heterocycles. The lowest BCUT2D eigenvalue weighted by atomic mass is 10.0. The van der Waals surface area contributed by atoms with Crippen LogP contribution in [-0.2, 0) is 10.0 Å². The summed E-state index contributed by atoms with van der Waals surface area (Å²) >= 11 is 0. The number of hydrogen-bond donors (Lipinski definition) is 1. The molecule has 0 bridgehead atoms. The maximum Gasteiger partial charge on any atom is 0.229 e. The summed E-state index contributed by atoms with van der Waals surface area (Å²) in [6.07, 6.45) is 5.15. The summed E-state index contributed by atoms with van der Waals surface area (Å²) < 4.78 is 24.6. The molecule has 1 atom stereocenters. The van der Waals surface area contributed by atoms with Crippen molar-refractivity contribution in [3.63, 3.8) is 0 Å². The van der Waals surface area contributed by atoms with E-state index in [1.165, 1.54) is 12.8 Å². The van der Waals surface area contributed by atoms with Crippen LogP contribution >= 0.6 is 0 Å². The summed E-state index contributed by atoms with van der Waals surface area (Å²) in [6.45, 7) is 4.29. The zero-order valence-electron chi connectivity index (χ0n) is 10.8. The van der Waals surface area contributed by atoms with E-state index in [0.29, 0.717) is 11.6 Å². The van der Waals surface area contributed by atoms with Gasteiger partial charge in [-0.25, -0.2) is 13.4 Å². The summed E-state index contributed by atoms with van der Waals surface area (Å²) in [5, 5.41) is 0. The minimum Gasteiger partial charge on any atom is -0.356 e. The van der Waals surface area contributed by atoms with E-state index in [2.05, 4.69) is 21.5 Å². The average Bonchev–Trinajstić information content (AvgIpc) is 2.28. The average molecular weight is 269 g/mol. The molecule has 2 heterocycles. The highest BCUT2D eigenvalue weighted by Gasteiger charge is 2.17. The molecular formula is C12H19N3O2S. The predicted molar refractivity (Wildman–Crippen MR) is 73.3 cm³/mol. The molecule has 5 nitrogen and oxygen atoms in total. The van der Waals surface area contributed by atoms with Crippen LogP contribution in [0.25, 0.3) is 0 Å². The largest absolute Gasteiger partial charge is 0.356 e. The lowest BCUT2D eigenvalue weighted by Gasteiger charge is -2.31. The van der Waals surface area contributed by atoms with E-state index in [0.717, 1.165) is 25.2 Å². The van der Waals surface area contributed by atoms with E-state index < -0.39 is 10.0 Å². The second kappa shape index (κ2) is 5.14. The third kappa shape index (κ3) is 3.60. The molecule has 0 aromatic carbocycles. The maximum absolute atomic E-state index is 11.1. The molecule has 1 aromatic rings. The van der Waals surface area contributed by atoms with Crippen LogP contribution in [0.3, 0.4) is 0 Å². The quantitative estimate of drug-likeness (QED) is 0.907. The molecule has 0 amide bonds. The zero-order chi connectivity index (χ0) is 13.2. The Morgan fingerprint density at radius 3 is 2.78 bits per heavy atom. The van der Waals surface area contributed by atoms with E-state index in [9.17, 15) is 8.42 Å². The summed E-state index contributed by atoms with van der Waals surface area (Å²) in [7, 11) is -3.23. The fraction of sp³-hybridized carbons (Fsp3) is 0.583. The van der Waals surface area contributed by atoms with Crippen molar-refractivity contribution in [1.82, 2.24) is 4.98 Å². The summed E-state index contributed by atoms with van der Waals surface area (Å²) in [5.41, 5.74) is 0.506. The van der Waals surface area contributed by atoms with Gasteiger partial charge < -0.3 is 4.90 Å². The van der Waals surface area contributed by atoms with Crippen molar-refractivity contribution < 1.29 is 8.42 Å². The fourth-order valence-corrected chi connectivity index (χ4v) is 2.79. The predicted octanol–water partition coefficient (Wildman–Crippen LogP) is 1.69. The van der Waals surface area contributed by atoms with Crippen LogP contribution < -0.4 is 9.62 Å². The van der Waals surface area contributed by atoms with Gasteiger partial charge in [0.05, 0.1) is 18.1 Å². The Balaban J connectivity index is 2.07. The molecule has 1 fully saturated rings. The van der Waals surface area contributed by atoms with Gasteiger partial charge in [0.1, 0.15) is 5.82 Å². The summed E-state index contributed by atoms with van der Waals surface area (Å²) in [5.74, 6) is 1.61. The van der Waals surface area contributed by atoms with Crippen LogP contribution in [-0.4, -0.2) is 32.7 Å². The van der Waals surface area contributed by atoms with E-state index in [-0.39, 0.29) is 0 Å². The molecule has 6 heteroatoms. The number of rotatable bonds is 3. The van der Waals surface area contributed by atoms with Crippen LogP contribution in [0.15, 0.2) is 18.3 Å². The van der Waals surface area contributed by atoms with Crippen molar-refractivity contribution in [1.29, 1.82) is 0 Å². The van der Waals surface area contributed by atoms with Gasteiger partial charge >= 0.3 is 0 Å². The Labute approximate surface area is 108 Å². The molecule has 18 heavy (non-hydrogen) atoms. The first-order valence-corrected chi connectivity index (χ1v) is 8.02. The molecule has 1 aliphatic heterocycles. The van der Waals surface area contributed by atoms with Gasteiger partial charge in [-0.05, 0) is 30.9 Å². The zero-order valence-corrected chi connectivity index (χ0v) is 11.6. The third-order valence-electron chi connectivity index (χ3n) is 3.03. The van der Waals surface area contributed by atoms with Crippen molar-refractivity contribution in [2.75, 3.05) is 29.0 Å². The monoisotopic (exact) mass is 269 g/mol. The Morgan fingerprint density at radius 1 is 1.44 bits per heavy atom. The molecule has 100 valence electrons. The van der Waals surface area contributed by atoms with Crippen molar-refractivity contribution in [2.45, 2.75) is 19.8 Å². The SMILES string of the molecule is CC1CCCN(c2ccc(NS(C)(=O)=O)cn2)C1. The van der Waals surface area contributed by atoms with E-state index in [1.807, 2.05) is 6.07 Å². The van der Waals surface area contributed by atoms with E-state index in [1.54, 1.807) is 12.3 Å². The van der Waals surface area contributed by atoms with Crippen molar-refractivity contribution in [3.05, 3.63) is 18.3 Å². The van der Waals surface area contributed by atoms with Crippen molar-refractivity contribution in [3.8, 4) is 0 Å². The van der Waals surface area contributed by atoms with E-state index in [4.69, 9.17) is 0 Å². The fourth-order valence-electron chi connectivity index (χ4n) is 2.25. The van der Waals surface area contributed by atoms with Crippen LogP contribution in [0.5, 0.6) is 0 Å². The Bertz CT molecular complexity index is 499. The first-order chi connectivity index (χ1) is 8.44. The number of hydrogen-bond acceptors (Lipinski definition) is 4. The molecule has 1 unspecified atom stereocenters. The lowest BCUT2D eigenvalue weighted by Crippen LogP contribution is -2.34.